The molecule has 1 saturated heterocycles. The summed E-state index contributed by atoms with van der Waals surface area (Å²) in [5.74, 6) is 1.44. The Kier molecular flexibility index (Phi) is 6.45. The Hall–Kier alpha value is -2.04. The summed E-state index contributed by atoms with van der Waals surface area (Å²) in [6, 6.07) is 4.18. The maximum atomic E-state index is 12.5. The van der Waals surface area contributed by atoms with Crippen molar-refractivity contribution in [1.29, 1.82) is 0 Å². The second kappa shape index (κ2) is 8.37. The van der Waals surface area contributed by atoms with E-state index >= 15 is 0 Å². The number of piperidine rings is 1. The summed E-state index contributed by atoms with van der Waals surface area (Å²) in [7, 11) is 1.69. The predicted octanol–water partition coefficient (Wildman–Crippen LogP) is 3.00. The maximum absolute atomic E-state index is 12.5. The van der Waals surface area contributed by atoms with E-state index in [0.717, 1.165) is 35.3 Å². The highest BCUT2D eigenvalue weighted by atomic mass is 16.5. The number of ether oxygens (including phenoxy) is 1. The third kappa shape index (κ3) is 4.74. The van der Waals surface area contributed by atoms with E-state index in [9.17, 15) is 9.59 Å². The molecular weight excluding hydrogens is 316 g/mol. The highest BCUT2D eigenvalue weighted by molar-refractivity contribution is 5.79. The Labute approximate surface area is 150 Å². The zero-order valence-corrected chi connectivity index (χ0v) is 16.0. The van der Waals surface area contributed by atoms with Crippen LogP contribution in [0.15, 0.2) is 12.1 Å². The van der Waals surface area contributed by atoms with Crippen LogP contribution in [0.4, 0.5) is 0 Å². The van der Waals surface area contributed by atoms with Gasteiger partial charge in [-0.15, -0.1) is 0 Å². The van der Waals surface area contributed by atoms with Crippen molar-refractivity contribution >= 4 is 11.8 Å². The molecule has 2 rings (SSSR count). The van der Waals surface area contributed by atoms with Crippen LogP contribution in [0.3, 0.4) is 0 Å². The number of nitrogens with zero attached hydrogens (tertiary/aromatic N) is 1. The molecule has 0 bridgehead atoms. The van der Waals surface area contributed by atoms with Crippen molar-refractivity contribution in [2.45, 2.75) is 53.0 Å². The van der Waals surface area contributed by atoms with Crippen LogP contribution in [-0.4, -0.2) is 36.9 Å². The van der Waals surface area contributed by atoms with E-state index in [1.807, 2.05) is 17.9 Å². The van der Waals surface area contributed by atoms with Gasteiger partial charge in [-0.1, -0.05) is 13.8 Å². The molecule has 1 aromatic rings. The van der Waals surface area contributed by atoms with Gasteiger partial charge in [0.1, 0.15) is 5.75 Å². The largest absolute Gasteiger partial charge is 0.496 e. The van der Waals surface area contributed by atoms with Crippen molar-refractivity contribution < 1.29 is 14.3 Å². The number of aryl methyl sites for hydroxylation is 1. The number of hydrogen-bond acceptors (Lipinski definition) is 3. The smallest absolute Gasteiger partial charge is 0.223 e. The maximum Gasteiger partial charge on any atom is 0.223 e. The molecule has 1 aliphatic heterocycles. The van der Waals surface area contributed by atoms with Crippen LogP contribution >= 0.6 is 0 Å². The highest BCUT2D eigenvalue weighted by Gasteiger charge is 2.25. The van der Waals surface area contributed by atoms with E-state index in [4.69, 9.17) is 4.74 Å². The highest BCUT2D eigenvalue weighted by Crippen LogP contribution is 2.29. The average molecular weight is 346 g/mol. The summed E-state index contributed by atoms with van der Waals surface area (Å²) in [6.07, 6.45) is 1.48. The zero-order chi connectivity index (χ0) is 18.6. The lowest BCUT2D eigenvalue weighted by atomic mass is 9.94. The van der Waals surface area contributed by atoms with E-state index in [2.05, 4.69) is 25.2 Å². The summed E-state index contributed by atoms with van der Waals surface area (Å²) in [6.45, 7) is 9.77. The van der Waals surface area contributed by atoms with Gasteiger partial charge in [0.05, 0.1) is 7.11 Å². The van der Waals surface area contributed by atoms with Crippen LogP contribution in [0, 0.1) is 12.8 Å². The number of nitrogens with one attached hydrogen (secondary N) is 1. The fourth-order valence-electron chi connectivity index (χ4n) is 3.35. The quantitative estimate of drug-likeness (QED) is 0.892. The van der Waals surface area contributed by atoms with Gasteiger partial charge in [-0.25, -0.2) is 0 Å². The first-order valence-electron chi connectivity index (χ1n) is 9.04. The molecule has 5 nitrogen and oxygen atoms in total. The second-order valence-corrected chi connectivity index (χ2v) is 7.17. The van der Waals surface area contributed by atoms with Gasteiger partial charge < -0.3 is 15.0 Å². The van der Waals surface area contributed by atoms with Crippen LogP contribution in [0.1, 0.15) is 56.2 Å². The minimum atomic E-state index is -0.00118. The molecule has 1 N–H and O–H groups in total. The van der Waals surface area contributed by atoms with Crippen molar-refractivity contribution in [2.24, 2.45) is 5.92 Å². The van der Waals surface area contributed by atoms with Crippen molar-refractivity contribution in [2.75, 3.05) is 20.2 Å². The molecule has 0 unspecified atom stereocenters. The lowest BCUT2D eigenvalue weighted by Crippen LogP contribution is -2.42. The number of carbonyl (C=O) groups excluding carboxylic acids is 2. The molecule has 1 heterocycles. The average Bonchev–Trinajstić information content (AvgIpc) is 2.59. The summed E-state index contributed by atoms with van der Waals surface area (Å²) >= 11 is 0. The first kappa shape index (κ1) is 19.3. The molecule has 138 valence electrons. The lowest BCUT2D eigenvalue weighted by Gasteiger charge is -2.30. The van der Waals surface area contributed by atoms with Crippen molar-refractivity contribution in [3.05, 3.63) is 28.8 Å². The van der Waals surface area contributed by atoms with Crippen LogP contribution in [-0.2, 0) is 16.1 Å². The molecule has 5 heteroatoms. The molecule has 0 radical (unpaired) electrons. The van der Waals surface area contributed by atoms with Crippen molar-refractivity contribution in [1.82, 2.24) is 10.2 Å². The second-order valence-electron chi connectivity index (χ2n) is 7.17. The molecule has 1 fully saturated rings. The van der Waals surface area contributed by atoms with Gasteiger partial charge in [0.2, 0.25) is 11.8 Å². The van der Waals surface area contributed by atoms with Crippen LogP contribution in [0.2, 0.25) is 0 Å². The molecule has 1 aromatic carbocycles. The molecule has 0 spiro atoms. The molecule has 25 heavy (non-hydrogen) atoms. The van der Waals surface area contributed by atoms with Crippen LogP contribution < -0.4 is 10.1 Å². The van der Waals surface area contributed by atoms with Gasteiger partial charge in [-0.3, -0.25) is 9.59 Å². The number of benzene rings is 1. The van der Waals surface area contributed by atoms with Crippen molar-refractivity contribution in [3.8, 4) is 5.75 Å². The predicted molar refractivity (Wildman–Crippen MR) is 98.6 cm³/mol. The lowest BCUT2D eigenvalue weighted by molar-refractivity contribution is -0.134. The molecule has 0 aliphatic carbocycles. The fourth-order valence-corrected chi connectivity index (χ4v) is 3.35. The summed E-state index contributed by atoms with van der Waals surface area (Å²) < 4.78 is 5.47. The minimum Gasteiger partial charge on any atom is -0.496 e. The third-order valence-corrected chi connectivity index (χ3v) is 5.07. The number of methoxy groups -OCH3 is 1. The Bertz CT molecular complexity index is 632. The number of hydrogen-bond donors (Lipinski definition) is 1. The Balaban J connectivity index is 1.98. The molecule has 1 aliphatic rings. The van der Waals surface area contributed by atoms with Gasteiger partial charge in [-0.05, 0) is 54.5 Å². The topological polar surface area (TPSA) is 58.6 Å². The zero-order valence-electron chi connectivity index (χ0n) is 16.0. The van der Waals surface area contributed by atoms with Gasteiger partial charge in [0.15, 0.2) is 0 Å². The Morgan fingerprint density at radius 3 is 2.44 bits per heavy atom. The summed E-state index contributed by atoms with van der Waals surface area (Å²) in [5.41, 5.74) is 3.40. The minimum absolute atomic E-state index is 0.00118. The van der Waals surface area contributed by atoms with Crippen LogP contribution in [0.5, 0.6) is 5.75 Å². The Morgan fingerprint density at radius 1 is 1.28 bits per heavy atom. The van der Waals surface area contributed by atoms with E-state index in [1.54, 1.807) is 14.0 Å². The SMILES string of the molecule is COc1cc(C)c(CNC(=O)C2CCN(C(C)=O)CC2)cc1C(C)C. The summed E-state index contributed by atoms with van der Waals surface area (Å²) in [5, 5.41) is 3.07. The number of amides is 2. The van der Waals surface area contributed by atoms with Gasteiger partial charge in [0, 0.05) is 32.5 Å². The monoisotopic (exact) mass is 346 g/mol. The Morgan fingerprint density at radius 2 is 1.92 bits per heavy atom. The molecular formula is C20H30N2O3. The van der Waals surface area contributed by atoms with E-state index in [-0.39, 0.29) is 17.7 Å². The first-order chi connectivity index (χ1) is 11.8. The summed E-state index contributed by atoms with van der Waals surface area (Å²) in [4.78, 5) is 25.7. The first-order valence-corrected chi connectivity index (χ1v) is 9.04. The van der Waals surface area contributed by atoms with E-state index in [0.29, 0.717) is 25.6 Å². The van der Waals surface area contributed by atoms with E-state index in [1.165, 1.54) is 0 Å². The number of rotatable bonds is 5. The van der Waals surface area contributed by atoms with Gasteiger partial charge in [0.25, 0.3) is 0 Å². The molecule has 2 amide bonds. The number of likely N-dealkylation sites (tertiary alicyclic amines) is 1. The van der Waals surface area contributed by atoms with Crippen molar-refractivity contribution in [3.63, 3.8) is 0 Å². The van der Waals surface area contributed by atoms with E-state index < -0.39 is 0 Å². The van der Waals surface area contributed by atoms with Gasteiger partial charge >= 0.3 is 0 Å². The normalized spacial score (nSPS) is 15.4. The fraction of sp³-hybridized carbons (Fsp3) is 0.600. The third-order valence-electron chi connectivity index (χ3n) is 5.07. The van der Waals surface area contributed by atoms with Crippen LogP contribution in [0.25, 0.3) is 0 Å². The molecule has 0 saturated carbocycles. The number of carbonyl (C=O) groups is 2. The molecule has 0 aromatic heterocycles. The van der Waals surface area contributed by atoms with Gasteiger partial charge in [-0.2, -0.15) is 0 Å². The standard InChI is InChI=1S/C20H30N2O3/c1-13(2)18-11-17(14(3)10-19(18)25-5)12-21-20(24)16-6-8-22(9-7-16)15(4)23/h10-11,13,16H,6-9,12H2,1-5H3,(H,21,24). The molecule has 0 atom stereocenters.